The van der Waals surface area contributed by atoms with E-state index in [0.717, 1.165) is 58.5 Å². The number of aromatic nitrogens is 4. The number of carbonyl (C=O) groups excluding carboxylic acids is 2. The standard InChI is InChI=1S/C20H18N4O3S.C20H16N4O2S.C20H14N4OS.CH4/c1-12(25)17(20(27)24-23-19(26)13-6-4-3-5-7-13)22-15-8-9-16(21-2)18-14(15)10-11-28-18;1-12(25)17(20-24-23-19(26-20)13-6-4-3-5-7-13)22-15-8-9-16(21-2)18-14(15)10-11-27-18;1-3-15(20-24-23-19(25-20)13-7-5-4-6-8-13)22-16-9-10-17(21-2)18-14(16)11-12-26-18;/h3-12,17,22,25H,1H3,(H,23,26)(H,24,27);3-12,17,22,25H,1H3;3-12,22H,1H3;1H4/t2*12-,17+;;/m00../s1. The summed E-state index contributed by atoms with van der Waals surface area (Å²) in [6.07, 6.45) is 0.106. The van der Waals surface area contributed by atoms with Gasteiger partial charge in [0.25, 0.3) is 17.7 Å². The van der Waals surface area contributed by atoms with Gasteiger partial charge in [0.1, 0.15) is 12.1 Å². The van der Waals surface area contributed by atoms with Crippen LogP contribution in [0.15, 0.2) is 177 Å². The van der Waals surface area contributed by atoms with E-state index in [-0.39, 0.29) is 7.43 Å². The fourth-order valence-electron chi connectivity index (χ4n) is 8.24. The quantitative estimate of drug-likeness (QED) is 0.0398. The minimum absolute atomic E-state index is 0. The third-order valence-electron chi connectivity index (χ3n) is 12.3. The third-order valence-corrected chi connectivity index (χ3v) is 15.1. The maximum absolute atomic E-state index is 12.5. The molecule has 0 aliphatic heterocycles. The monoisotopic (exact) mass is 1140 g/mol. The van der Waals surface area contributed by atoms with Gasteiger partial charge >= 0.3 is 0 Å². The highest BCUT2D eigenvalue weighted by Gasteiger charge is 2.27. The van der Waals surface area contributed by atoms with Crippen LogP contribution in [-0.4, -0.2) is 60.7 Å². The van der Waals surface area contributed by atoms with Gasteiger partial charge in [-0.15, -0.1) is 20.4 Å². The van der Waals surface area contributed by atoms with E-state index in [2.05, 4.69) is 61.7 Å². The van der Waals surface area contributed by atoms with Crippen molar-refractivity contribution in [2.45, 2.75) is 52.5 Å². The van der Waals surface area contributed by atoms with E-state index in [9.17, 15) is 19.8 Å². The zero-order valence-electron chi connectivity index (χ0n) is 43.4. The molecular formula is C61H52N12O6S3. The summed E-state index contributed by atoms with van der Waals surface area (Å²) >= 11 is 4.51. The Morgan fingerprint density at radius 2 is 1.02 bits per heavy atom. The van der Waals surface area contributed by atoms with Crippen molar-refractivity contribution in [3.05, 3.63) is 219 Å². The van der Waals surface area contributed by atoms with E-state index in [1.807, 2.05) is 126 Å². The van der Waals surface area contributed by atoms with Crippen molar-refractivity contribution < 1.29 is 28.6 Å². The first-order chi connectivity index (χ1) is 39.5. The number of amides is 2. The first-order valence-electron chi connectivity index (χ1n) is 24.9. The van der Waals surface area contributed by atoms with Crippen molar-refractivity contribution in [2.75, 3.05) is 16.0 Å². The highest BCUT2D eigenvalue weighted by Crippen LogP contribution is 2.40. The van der Waals surface area contributed by atoms with E-state index in [0.29, 0.717) is 51.9 Å². The SMILES string of the molecule is C.[C-]#[N+]c1ccc(NC(=CC)c2nnc(-c3ccccc3)o2)c2ccsc12.[C-]#[N+]c1ccc(N[C@@H](C(=O)NNC(=O)c2ccccc2)[C@H](C)O)c2ccsc12.[C-]#[N+]c1ccc(N[C@@H](c2nnc(-c3ccccc3)o2)[C@H](C)O)c2ccsc12. The topological polar surface area (TPSA) is 226 Å². The third kappa shape index (κ3) is 13.3. The molecule has 0 bridgehead atoms. The van der Waals surface area contributed by atoms with Crippen LogP contribution in [0.2, 0.25) is 0 Å². The molecule has 7 N–H and O–H groups in total. The average molecular weight is 1150 g/mol. The second-order valence-electron chi connectivity index (χ2n) is 17.7. The number of thiophene rings is 3. The lowest BCUT2D eigenvalue weighted by molar-refractivity contribution is -0.124. The molecule has 0 aliphatic rings. The van der Waals surface area contributed by atoms with Crippen LogP contribution in [0.4, 0.5) is 34.1 Å². The number of benzene rings is 6. The van der Waals surface area contributed by atoms with Crippen molar-refractivity contribution in [3.8, 4) is 22.9 Å². The van der Waals surface area contributed by atoms with Crippen LogP contribution < -0.4 is 26.8 Å². The van der Waals surface area contributed by atoms with Gasteiger partial charge in [-0.05, 0) is 110 Å². The van der Waals surface area contributed by atoms with Gasteiger partial charge < -0.3 is 35.0 Å². The fourth-order valence-corrected chi connectivity index (χ4v) is 10.9. The predicted octanol–water partition coefficient (Wildman–Crippen LogP) is 14.7. The molecule has 5 aromatic heterocycles. The molecule has 11 rings (SSSR count). The summed E-state index contributed by atoms with van der Waals surface area (Å²) in [5, 5.41) is 55.1. The van der Waals surface area contributed by atoms with Crippen LogP contribution in [0.25, 0.3) is 73.4 Å². The first-order valence-corrected chi connectivity index (χ1v) is 27.5. The van der Waals surface area contributed by atoms with Crippen LogP contribution in [0.5, 0.6) is 0 Å². The Kier molecular flexibility index (Phi) is 19.3. The smallest absolute Gasteiger partial charge is 0.269 e. The van der Waals surface area contributed by atoms with Crippen molar-refractivity contribution in [3.63, 3.8) is 0 Å². The van der Waals surface area contributed by atoms with E-state index in [4.69, 9.17) is 28.6 Å². The molecule has 0 radical (unpaired) electrons. The zero-order valence-corrected chi connectivity index (χ0v) is 45.8. The summed E-state index contributed by atoms with van der Waals surface area (Å²) in [5.74, 6) is 0.565. The van der Waals surface area contributed by atoms with Gasteiger partial charge in [0.05, 0.1) is 37.6 Å². The number of hydrogen-bond acceptors (Lipinski definition) is 16. The Morgan fingerprint density at radius 1 is 0.561 bits per heavy atom. The van der Waals surface area contributed by atoms with Gasteiger partial charge in [-0.25, -0.2) is 14.5 Å². The molecular weight excluding hydrogens is 1090 g/mol. The van der Waals surface area contributed by atoms with E-state index >= 15 is 0 Å². The molecule has 0 aliphatic carbocycles. The lowest BCUT2D eigenvalue weighted by Crippen LogP contribution is -2.52. The number of carbonyl (C=O) groups is 2. The molecule has 2 amide bonds. The van der Waals surface area contributed by atoms with Crippen molar-refractivity contribution >= 4 is 116 Å². The van der Waals surface area contributed by atoms with Crippen molar-refractivity contribution in [1.82, 2.24) is 31.2 Å². The number of nitrogens with zero attached hydrogens (tertiary/aromatic N) is 7. The number of rotatable bonds is 14. The molecule has 0 saturated heterocycles. The summed E-state index contributed by atoms with van der Waals surface area (Å²) in [6.45, 7) is 26.9. The number of hydrogen-bond donors (Lipinski definition) is 7. The number of nitrogens with one attached hydrogen (secondary N) is 5. The largest absolute Gasteiger partial charge is 0.418 e. The number of fused-ring (bicyclic) bond motifs is 3. The lowest BCUT2D eigenvalue weighted by atomic mass is 10.1. The minimum Gasteiger partial charge on any atom is -0.418 e. The number of aliphatic hydroxyl groups excluding tert-OH is 2. The lowest BCUT2D eigenvalue weighted by Gasteiger charge is -2.22. The van der Waals surface area contributed by atoms with Crippen molar-refractivity contribution in [1.29, 1.82) is 0 Å². The molecule has 11 aromatic rings. The molecule has 0 saturated carbocycles. The van der Waals surface area contributed by atoms with Crippen LogP contribution in [0.1, 0.15) is 56.4 Å². The Morgan fingerprint density at radius 3 is 1.51 bits per heavy atom. The Balaban J connectivity index is 0.000000160. The molecule has 0 spiro atoms. The van der Waals surface area contributed by atoms with Gasteiger partial charge in [-0.2, -0.15) is 34.0 Å². The molecule has 4 atom stereocenters. The van der Waals surface area contributed by atoms with E-state index < -0.39 is 36.1 Å². The Hall–Kier alpha value is -10.1. The predicted molar refractivity (Wildman–Crippen MR) is 327 cm³/mol. The number of hydrazine groups is 1. The van der Waals surface area contributed by atoms with E-state index in [1.54, 1.807) is 66.8 Å². The molecule has 82 heavy (non-hydrogen) atoms. The highest BCUT2D eigenvalue weighted by molar-refractivity contribution is 7.18. The first kappa shape index (κ1) is 58.1. The summed E-state index contributed by atoms with van der Waals surface area (Å²) in [7, 11) is 0. The van der Waals surface area contributed by atoms with Crippen molar-refractivity contribution in [2.24, 2.45) is 0 Å². The van der Waals surface area contributed by atoms with Gasteiger partial charge in [0.15, 0.2) is 0 Å². The number of anilines is 3. The van der Waals surface area contributed by atoms with Crippen LogP contribution in [-0.2, 0) is 4.79 Å². The molecule has 21 heteroatoms. The normalized spacial score (nSPS) is 12.3. The zero-order chi connectivity index (χ0) is 56.8. The molecule has 5 heterocycles. The Bertz CT molecular complexity index is 4130. The maximum Gasteiger partial charge on any atom is 0.269 e. The molecule has 0 unspecified atom stereocenters. The molecule has 18 nitrogen and oxygen atoms in total. The maximum atomic E-state index is 12.5. The molecule has 0 fully saturated rings. The molecule has 410 valence electrons. The molecule has 6 aromatic carbocycles. The van der Waals surface area contributed by atoms with Gasteiger partial charge in [-0.1, -0.05) is 86.3 Å². The fraction of sp³-hybridized carbons (Fsp3) is 0.131. The van der Waals surface area contributed by atoms with Crippen LogP contribution in [0, 0.1) is 19.7 Å². The second-order valence-corrected chi connectivity index (χ2v) is 20.4. The summed E-state index contributed by atoms with van der Waals surface area (Å²) in [5.41, 5.74) is 11.7. The summed E-state index contributed by atoms with van der Waals surface area (Å²) in [4.78, 5) is 35.2. The number of allylic oxidation sites excluding steroid dienone is 1. The van der Waals surface area contributed by atoms with Gasteiger partial charge in [-0.3, -0.25) is 20.4 Å². The summed E-state index contributed by atoms with van der Waals surface area (Å²) in [6, 6.07) is 42.6. The average Bonchev–Trinajstić information content (AvgIpc) is 4.51. The number of aliphatic hydroxyl groups is 2. The Labute approximate surface area is 483 Å². The minimum atomic E-state index is -1.03. The highest BCUT2D eigenvalue weighted by atomic mass is 32.1. The van der Waals surface area contributed by atoms with Crippen LogP contribution >= 0.6 is 34.0 Å². The van der Waals surface area contributed by atoms with Gasteiger partial charge in [0, 0.05) is 64.0 Å². The van der Waals surface area contributed by atoms with Crippen LogP contribution in [0.3, 0.4) is 0 Å². The summed E-state index contributed by atoms with van der Waals surface area (Å²) < 4.78 is 14.3. The van der Waals surface area contributed by atoms with E-state index in [1.165, 1.54) is 29.6 Å². The second kappa shape index (κ2) is 27.2. The van der Waals surface area contributed by atoms with Gasteiger partial charge in [0.2, 0.25) is 34.7 Å².